The number of hydrogen-bond donors (Lipinski definition) is 1. The monoisotopic (exact) mass is 508 g/mol. The summed E-state index contributed by atoms with van der Waals surface area (Å²) in [7, 11) is 0. The Labute approximate surface area is 234 Å². The highest BCUT2D eigenvalue weighted by molar-refractivity contribution is 5.96. The van der Waals surface area contributed by atoms with Crippen LogP contribution in [0.25, 0.3) is 34.1 Å². The number of benzene rings is 6. The first-order valence-corrected chi connectivity index (χ1v) is 13.8. The number of rotatable bonds is 4. The third-order valence-electron chi connectivity index (χ3n) is 8.39. The molecule has 8 rings (SSSR count). The van der Waals surface area contributed by atoms with Gasteiger partial charge in [-0.05, 0) is 80.6 Å². The van der Waals surface area contributed by atoms with Gasteiger partial charge in [0.15, 0.2) is 0 Å². The van der Waals surface area contributed by atoms with Crippen molar-refractivity contribution in [1.82, 2.24) is 0 Å². The van der Waals surface area contributed by atoms with Crippen molar-refractivity contribution in [2.75, 3.05) is 5.32 Å². The zero-order chi connectivity index (χ0) is 26.5. The number of fused-ring (bicyclic) bond motifs is 5. The van der Waals surface area contributed by atoms with Crippen molar-refractivity contribution in [3.05, 3.63) is 179 Å². The lowest BCUT2D eigenvalue weighted by molar-refractivity contribution is 0.770. The Morgan fingerprint density at radius 1 is 0.500 bits per heavy atom. The van der Waals surface area contributed by atoms with Crippen LogP contribution in [0.3, 0.4) is 0 Å². The van der Waals surface area contributed by atoms with Gasteiger partial charge >= 0.3 is 0 Å². The van der Waals surface area contributed by atoms with Crippen LogP contribution in [0.2, 0.25) is 0 Å². The highest BCUT2D eigenvalue weighted by Gasteiger charge is 2.46. The molecule has 0 spiro atoms. The minimum absolute atomic E-state index is 0.437. The van der Waals surface area contributed by atoms with E-state index in [1.54, 1.807) is 0 Å². The van der Waals surface area contributed by atoms with Crippen molar-refractivity contribution in [2.45, 2.75) is 5.41 Å². The molecular weight excluding hydrogens is 482 g/mol. The average molecular weight is 509 g/mol. The molecule has 2 aliphatic carbocycles. The molecule has 0 heterocycles. The van der Waals surface area contributed by atoms with Gasteiger partial charge in [0.1, 0.15) is 12.2 Å². The molecule has 1 heteroatoms. The summed E-state index contributed by atoms with van der Waals surface area (Å²) in [6, 6.07) is 48.8. The molecule has 40 heavy (non-hydrogen) atoms. The smallest absolute Gasteiger partial charge is 0.111 e. The molecule has 0 aliphatic heterocycles. The van der Waals surface area contributed by atoms with E-state index in [0.29, 0.717) is 0 Å². The Morgan fingerprint density at radius 3 is 1.88 bits per heavy atom. The Bertz CT molecular complexity index is 1920. The minimum atomic E-state index is -0.437. The van der Waals surface area contributed by atoms with E-state index in [1.165, 1.54) is 55.3 Å². The first kappa shape index (κ1) is 22.7. The van der Waals surface area contributed by atoms with Gasteiger partial charge in [0.05, 0.1) is 28.3 Å². The molecule has 0 fully saturated rings. The summed E-state index contributed by atoms with van der Waals surface area (Å²) in [5.41, 5.74) is 11.9. The van der Waals surface area contributed by atoms with Crippen LogP contribution in [-0.2, 0) is 5.41 Å². The van der Waals surface area contributed by atoms with Crippen molar-refractivity contribution in [2.24, 2.45) is 0 Å². The summed E-state index contributed by atoms with van der Waals surface area (Å²) >= 11 is 0. The van der Waals surface area contributed by atoms with Crippen LogP contribution >= 0.6 is 0 Å². The first-order chi connectivity index (χ1) is 19.8. The summed E-state index contributed by atoms with van der Waals surface area (Å²) in [6.45, 7) is 0. The highest BCUT2D eigenvalue weighted by Crippen LogP contribution is 2.57. The lowest BCUT2D eigenvalue weighted by Crippen LogP contribution is -2.28. The number of hydrogen-bond acceptors (Lipinski definition) is 1. The van der Waals surface area contributed by atoms with Crippen molar-refractivity contribution in [1.29, 1.82) is 0 Å². The van der Waals surface area contributed by atoms with Gasteiger partial charge in [0, 0.05) is 17.8 Å². The predicted octanol–water partition coefficient (Wildman–Crippen LogP) is 9.79. The number of anilines is 2. The maximum Gasteiger partial charge on any atom is 0.111 e. The van der Waals surface area contributed by atoms with Crippen LogP contribution in [0.15, 0.2) is 140 Å². The van der Waals surface area contributed by atoms with E-state index in [4.69, 9.17) is 0 Å². The Morgan fingerprint density at radius 2 is 1.12 bits per heavy atom. The second-order valence-electron chi connectivity index (χ2n) is 10.6. The van der Waals surface area contributed by atoms with Gasteiger partial charge in [0.2, 0.25) is 0 Å². The van der Waals surface area contributed by atoms with E-state index in [1.807, 2.05) is 12.2 Å². The van der Waals surface area contributed by atoms with Crippen LogP contribution in [0.1, 0.15) is 33.4 Å². The molecular formula is C39H26N+. The largest absolute Gasteiger partial charge is 0.355 e. The molecule has 0 radical (unpaired) electrons. The lowest BCUT2D eigenvalue weighted by Gasteiger charge is -2.34. The van der Waals surface area contributed by atoms with E-state index in [0.717, 1.165) is 11.4 Å². The number of allylic oxidation sites excluding steroid dienone is 2. The standard InChI is InChI=1S/C39H26N/c1-3-15-31(16-4-1)39(32-17-5-2-6-18-32)37-25-30-14-10-9-13-29(30)24-36(37)35-22-21-34(26-38(35)39)40-33-20-19-27-11-7-8-12-28(27)23-33/h1-7,9-26,40H/q+1. The minimum Gasteiger partial charge on any atom is -0.355 e. The zero-order valence-electron chi connectivity index (χ0n) is 21.9. The topological polar surface area (TPSA) is 12.0 Å². The van der Waals surface area contributed by atoms with E-state index in [9.17, 15) is 0 Å². The quantitative estimate of drug-likeness (QED) is 0.233. The molecule has 0 saturated heterocycles. The summed E-state index contributed by atoms with van der Waals surface area (Å²) in [5.74, 6) is 0. The van der Waals surface area contributed by atoms with E-state index >= 15 is 0 Å². The van der Waals surface area contributed by atoms with Crippen LogP contribution in [0, 0.1) is 6.08 Å². The molecule has 1 nitrogen and oxygen atoms in total. The summed E-state index contributed by atoms with van der Waals surface area (Å²) < 4.78 is 0. The van der Waals surface area contributed by atoms with Gasteiger partial charge < -0.3 is 5.32 Å². The fraction of sp³-hybridized carbons (Fsp3) is 0.0256. The van der Waals surface area contributed by atoms with E-state index in [-0.39, 0.29) is 0 Å². The lowest BCUT2D eigenvalue weighted by atomic mass is 9.67. The molecule has 0 aromatic heterocycles. The van der Waals surface area contributed by atoms with Gasteiger partial charge in [-0.15, -0.1) is 0 Å². The predicted molar refractivity (Wildman–Crippen MR) is 168 cm³/mol. The second kappa shape index (κ2) is 8.92. The molecule has 6 aromatic carbocycles. The molecule has 0 unspecified atom stereocenters. The molecule has 0 atom stereocenters. The highest BCUT2D eigenvalue weighted by atomic mass is 14.9. The summed E-state index contributed by atoms with van der Waals surface area (Å²) in [5, 5.41) is 6.24. The average Bonchev–Trinajstić information content (AvgIpc) is 3.30. The SMILES string of the molecule is [C+]1=Cc2cc(Nc3ccc4c(c3)C(c3ccccc3)(c3ccccc3)c3cc5ccccc5cc3-4)ccc2C=C1. The first-order valence-electron chi connectivity index (χ1n) is 13.8. The molecule has 186 valence electrons. The normalized spacial score (nSPS) is 13.8. The van der Waals surface area contributed by atoms with Gasteiger partial charge in [-0.1, -0.05) is 91.0 Å². The third kappa shape index (κ3) is 3.39. The van der Waals surface area contributed by atoms with E-state index < -0.39 is 5.41 Å². The molecule has 6 aromatic rings. The fourth-order valence-electron chi connectivity index (χ4n) is 6.62. The number of nitrogens with one attached hydrogen (secondary N) is 1. The third-order valence-corrected chi connectivity index (χ3v) is 8.39. The maximum atomic E-state index is 3.71. The van der Waals surface area contributed by atoms with Crippen molar-refractivity contribution >= 4 is 34.3 Å². The van der Waals surface area contributed by atoms with Gasteiger partial charge in [0.25, 0.3) is 0 Å². The Hall–Kier alpha value is -5.23. The van der Waals surface area contributed by atoms with Gasteiger partial charge in [-0.3, -0.25) is 0 Å². The summed E-state index contributed by atoms with van der Waals surface area (Å²) in [6.07, 6.45) is 9.31. The van der Waals surface area contributed by atoms with Crippen LogP contribution < -0.4 is 5.32 Å². The molecule has 0 amide bonds. The fourth-order valence-corrected chi connectivity index (χ4v) is 6.62. The molecule has 0 bridgehead atoms. The summed E-state index contributed by atoms with van der Waals surface area (Å²) in [4.78, 5) is 0. The van der Waals surface area contributed by atoms with Crippen molar-refractivity contribution < 1.29 is 0 Å². The van der Waals surface area contributed by atoms with Crippen molar-refractivity contribution in [3.8, 4) is 11.1 Å². The molecule has 0 saturated carbocycles. The molecule has 2 aliphatic rings. The van der Waals surface area contributed by atoms with E-state index in [2.05, 4.69) is 151 Å². The van der Waals surface area contributed by atoms with Gasteiger partial charge in [-0.25, -0.2) is 0 Å². The van der Waals surface area contributed by atoms with Crippen LogP contribution in [-0.4, -0.2) is 0 Å². The Kier molecular flexibility index (Phi) is 5.07. The second-order valence-corrected chi connectivity index (χ2v) is 10.6. The molecule has 1 N–H and O–H groups in total. The van der Waals surface area contributed by atoms with Crippen molar-refractivity contribution in [3.63, 3.8) is 0 Å². The van der Waals surface area contributed by atoms with Crippen LogP contribution in [0.5, 0.6) is 0 Å². The Balaban J connectivity index is 1.39. The van der Waals surface area contributed by atoms with Crippen LogP contribution in [0.4, 0.5) is 11.4 Å². The van der Waals surface area contributed by atoms with Gasteiger partial charge in [-0.2, -0.15) is 0 Å². The maximum absolute atomic E-state index is 3.71. The zero-order valence-corrected chi connectivity index (χ0v) is 21.9.